The monoisotopic (exact) mass is 215 g/mol. The van der Waals surface area contributed by atoms with Crippen molar-refractivity contribution < 1.29 is 0 Å². The van der Waals surface area contributed by atoms with Crippen molar-refractivity contribution in [2.24, 2.45) is 0 Å². The van der Waals surface area contributed by atoms with E-state index in [1.807, 2.05) is 12.3 Å². The highest BCUT2D eigenvalue weighted by atomic mass is 15.0. The topological polar surface area (TPSA) is 43.3 Å². The van der Waals surface area contributed by atoms with E-state index in [0.717, 1.165) is 23.3 Å². The van der Waals surface area contributed by atoms with Crippen LogP contribution in [0.15, 0.2) is 12.3 Å². The third-order valence-corrected chi connectivity index (χ3v) is 3.65. The number of hydrogen-bond donors (Lipinski definition) is 1. The first-order chi connectivity index (χ1) is 7.49. The predicted octanol–water partition coefficient (Wildman–Crippen LogP) is 2.45. The number of nitrogens with zero attached hydrogens (tertiary/aromatic N) is 2. The average Bonchev–Trinajstić information content (AvgIpc) is 2.66. The zero-order valence-corrected chi connectivity index (χ0v) is 10.0. The van der Waals surface area contributed by atoms with E-state index in [-0.39, 0.29) is 5.41 Å². The average molecular weight is 215 g/mol. The van der Waals surface area contributed by atoms with Crippen LogP contribution in [0.1, 0.15) is 37.2 Å². The van der Waals surface area contributed by atoms with Gasteiger partial charge in [-0.3, -0.25) is 0 Å². The van der Waals surface area contributed by atoms with Gasteiger partial charge in [0.2, 0.25) is 0 Å². The molecule has 0 amide bonds. The van der Waals surface area contributed by atoms with E-state index in [9.17, 15) is 0 Å². The molecule has 0 saturated heterocycles. The van der Waals surface area contributed by atoms with Gasteiger partial charge in [0.25, 0.3) is 0 Å². The molecule has 0 unspecified atom stereocenters. The Balaban J connectivity index is 2.40. The summed E-state index contributed by atoms with van der Waals surface area (Å²) >= 11 is 0. The Kier molecular flexibility index (Phi) is 1.69. The van der Waals surface area contributed by atoms with E-state index >= 15 is 0 Å². The summed E-state index contributed by atoms with van der Waals surface area (Å²) in [6, 6.07) is 1.99. The number of nitrogens with two attached hydrogens (primary N) is 1. The van der Waals surface area contributed by atoms with Crippen LogP contribution in [0.2, 0.25) is 0 Å². The maximum absolute atomic E-state index is 5.90. The number of anilines is 1. The molecule has 0 aromatic carbocycles. The molecular weight excluding hydrogens is 198 g/mol. The van der Waals surface area contributed by atoms with Gasteiger partial charge in [0.05, 0.1) is 5.69 Å². The Hall–Kier alpha value is -1.51. The zero-order valence-electron chi connectivity index (χ0n) is 10.0. The van der Waals surface area contributed by atoms with Crippen LogP contribution >= 0.6 is 0 Å². The molecule has 1 aliphatic carbocycles. The van der Waals surface area contributed by atoms with Gasteiger partial charge in [-0.2, -0.15) is 0 Å². The molecule has 0 bridgehead atoms. The fourth-order valence-electron chi connectivity index (χ4n) is 2.71. The van der Waals surface area contributed by atoms with E-state index in [4.69, 9.17) is 10.7 Å². The van der Waals surface area contributed by atoms with Crippen LogP contribution in [-0.4, -0.2) is 9.38 Å². The fraction of sp³-hybridized carbons (Fsp3) is 0.462. The summed E-state index contributed by atoms with van der Waals surface area (Å²) in [5, 5.41) is 0. The van der Waals surface area contributed by atoms with Crippen molar-refractivity contribution in [1.29, 1.82) is 0 Å². The Morgan fingerprint density at radius 1 is 1.44 bits per heavy atom. The molecule has 3 heteroatoms. The highest BCUT2D eigenvalue weighted by Gasteiger charge is 2.34. The Labute approximate surface area is 95.3 Å². The van der Waals surface area contributed by atoms with Crippen molar-refractivity contribution in [3.8, 4) is 0 Å². The summed E-state index contributed by atoms with van der Waals surface area (Å²) in [5.41, 5.74) is 11.7. The minimum Gasteiger partial charge on any atom is -0.398 e. The van der Waals surface area contributed by atoms with E-state index < -0.39 is 0 Å². The first kappa shape index (κ1) is 9.70. The van der Waals surface area contributed by atoms with Gasteiger partial charge >= 0.3 is 0 Å². The first-order valence-electron chi connectivity index (χ1n) is 5.76. The van der Waals surface area contributed by atoms with Gasteiger partial charge in [-0.1, -0.05) is 13.8 Å². The molecule has 2 aromatic rings. The van der Waals surface area contributed by atoms with Gasteiger partial charge < -0.3 is 10.1 Å². The summed E-state index contributed by atoms with van der Waals surface area (Å²) in [6.07, 6.45) is 4.28. The van der Waals surface area contributed by atoms with Gasteiger partial charge in [0, 0.05) is 23.0 Å². The quantitative estimate of drug-likeness (QED) is 0.733. The molecule has 84 valence electrons. The van der Waals surface area contributed by atoms with Gasteiger partial charge in [-0.05, 0) is 31.4 Å². The van der Waals surface area contributed by atoms with Crippen molar-refractivity contribution in [2.75, 3.05) is 5.73 Å². The van der Waals surface area contributed by atoms with Gasteiger partial charge in [0.1, 0.15) is 5.65 Å². The molecule has 0 saturated carbocycles. The standard InChI is InChI=1S/C13H17N3/c1-8-6-9(14)7-16-10-4-5-13(2,3)11(10)15-12(8)16/h6-7H,4-5,14H2,1-3H3. The van der Waals surface area contributed by atoms with Crippen LogP contribution in [0.25, 0.3) is 5.65 Å². The van der Waals surface area contributed by atoms with Gasteiger partial charge in [-0.15, -0.1) is 0 Å². The minimum atomic E-state index is 0.211. The van der Waals surface area contributed by atoms with E-state index in [0.29, 0.717) is 0 Å². The summed E-state index contributed by atoms with van der Waals surface area (Å²) in [6.45, 7) is 6.61. The van der Waals surface area contributed by atoms with E-state index in [1.165, 1.54) is 17.8 Å². The maximum atomic E-state index is 5.90. The zero-order chi connectivity index (χ0) is 11.5. The number of nitrogen functional groups attached to an aromatic ring is 1. The number of hydrogen-bond acceptors (Lipinski definition) is 2. The van der Waals surface area contributed by atoms with Crippen molar-refractivity contribution >= 4 is 11.3 Å². The minimum absolute atomic E-state index is 0.211. The molecule has 2 N–H and O–H groups in total. The van der Waals surface area contributed by atoms with Crippen LogP contribution in [0.3, 0.4) is 0 Å². The second-order valence-electron chi connectivity index (χ2n) is 5.44. The summed E-state index contributed by atoms with van der Waals surface area (Å²) in [7, 11) is 0. The molecule has 0 atom stereocenters. The van der Waals surface area contributed by atoms with Crippen molar-refractivity contribution in [2.45, 2.75) is 39.0 Å². The number of pyridine rings is 1. The first-order valence-corrected chi connectivity index (χ1v) is 5.76. The second kappa shape index (κ2) is 2.78. The molecule has 1 aliphatic rings. The third-order valence-electron chi connectivity index (χ3n) is 3.65. The highest BCUT2D eigenvalue weighted by molar-refractivity contribution is 5.58. The lowest BCUT2D eigenvalue weighted by Gasteiger charge is -2.14. The third kappa shape index (κ3) is 1.11. The molecule has 3 rings (SSSR count). The summed E-state index contributed by atoms with van der Waals surface area (Å²) in [4.78, 5) is 4.79. The smallest absolute Gasteiger partial charge is 0.140 e. The summed E-state index contributed by atoms with van der Waals surface area (Å²) < 4.78 is 2.18. The Morgan fingerprint density at radius 2 is 2.19 bits per heavy atom. The number of aromatic nitrogens is 2. The van der Waals surface area contributed by atoms with Crippen LogP contribution in [0.5, 0.6) is 0 Å². The van der Waals surface area contributed by atoms with E-state index in [1.54, 1.807) is 0 Å². The summed E-state index contributed by atoms with van der Waals surface area (Å²) in [5.74, 6) is 0. The Bertz CT molecular complexity index is 578. The van der Waals surface area contributed by atoms with Crippen LogP contribution in [0, 0.1) is 6.92 Å². The van der Waals surface area contributed by atoms with Gasteiger partial charge in [0.15, 0.2) is 0 Å². The molecular formula is C13H17N3. The SMILES string of the molecule is Cc1cc(N)cn2c3c(nc12)C(C)(C)CC3. The molecule has 3 nitrogen and oxygen atoms in total. The van der Waals surface area contributed by atoms with Crippen molar-refractivity contribution in [3.05, 3.63) is 29.2 Å². The second-order valence-corrected chi connectivity index (χ2v) is 5.44. The lowest BCUT2D eigenvalue weighted by atomic mass is 9.91. The highest BCUT2D eigenvalue weighted by Crippen LogP contribution is 2.38. The maximum Gasteiger partial charge on any atom is 0.140 e. The lowest BCUT2D eigenvalue weighted by molar-refractivity contribution is 0.510. The molecule has 16 heavy (non-hydrogen) atoms. The van der Waals surface area contributed by atoms with E-state index in [2.05, 4.69) is 25.2 Å². The Morgan fingerprint density at radius 3 is 2.94 bits per heavy atom. The molecule has 0 aliphatic heterocycles. The number of aryl methyl sites for hydroxylation is 2. The van der Waals surface area contributed by atoms with Crippen LogP contribution < -0.4 is 5.73 Å². The molecule has 0 radical (unpaired) electrons. The molecule has 2 aromatic heterocycles. The normalized spacial score (nSPS) is 17.9. The molecule has 0 spiro atoms. The number of fused-ring (bicyclic) bond motifs is 3. The fourth-order valence-corrected chi connectivity index (χ4v) is 2.71. The van der Waals surface area contributed by atoms with Crippen molar-refractivity contribution in [1.82, 2.24) is 9.38 Å². The lowest BCUT2D eigenvalue weighted by Crippen LogP contribution is -2.12. The number of imidazole rings is 1. The van der Waals surface area contributed by atoms with Crippen LogP contribution in [0.4, 0.5) is 5.69 Å². The number of rotatable bonds is 0. The molecule has 2 heterocycles. The van der Waals surface area contributed by atoms with Crippen molar-refractivity contribution in [3.63, 3.8) is 0 Å². The van der Waals surface area contributed by atoms with Crippen LogP contribution in [-0.2, 0) is 11.8 Å². The predicted molar refractivity (Wildman–Crippen MR) is 65.7 cm³/mol. The molecule has 0 fully saturated rings. The largest absolute Gasteiger partial charge is 0.398 e. The van der Waals surface area contributed by atoms with Gasteiger partial charge in [-0.25, -0.2) is 4.98 Å².